The van der Waals surface area contributed by atoms with Crippen LogP contribution in [0.4, 0.5) is 9.59 Å². The van der Waals surface area contributed by atoms with Gasteiger partial charge in [0.05, 0.1) is 0 Å². The van der Waals surface area contributed by atoms with Crippen LogP contribution < -0.4 is 35.3 Å². The molecule has 0 aromatic rings. The Morgan fingerprint density at radius 1 is 1.27 bits per heavy atom. The number of hydrogen-bond donors (Lipinski definition) is 3. The van der Waals surface area contributed by atoms with Gasteiger partial charge in [-0.1, -0.05) is 37.4 Å². The van der Waals surface area contributed by atoms with Gasteiger partial charge < -0.3 is 12.1 Å². The number of carbonyl (C=O) groups is 2. The van der Waals surface area contributed by atoms with Crippen LogP contribution in [-0.2, 0) is 0 Å². The summed E-state index contributed by atoms with van der Waals surface area (Å²) in [4.78, 5) is 21.2. The van der Waals surface area contributed by atoms with Crippen molar-refractivity contribution in [1.29, 1.82) is 0 Å². The number of amides is 2. The van der Waals surface area contributed by atoms with E-state index in [1.165, 1.54) is 4.90 Å². The fourth-order valence-corrected chi connectivity index (χ4v) is 0.706. The van der Waals surface area contributed by atoms with Gasteiger partial charge in [-0.2, -0.15) is 0 Å². The summed E-state index contributed by atoms with van der Waals surface area (Å²) in [5, 5.41) is -0.889. The molecule has 0 bridgehead atoms. The average Bonchev–Trinajstić information content (AvgIpc) is 2.02. The Morgan fingerprint density at radius 2 is 1.53 bits per heavy atom. The Hall–Kier alpha value is 0.120. The standard InChI is InChI=1S/C7H11NOS.CH3NOS.Na.H/c1-3-5-8(6-4-2)7(9)10;2-1(3)4;;/h3-4H,1-2,5-6H2,(H,9,10);(H3,2,3,4);;/q;;+1;-1. The third kappa shape index (κ3) is 20.3. The summed E-state index contributed by atoms with van der Waals surface area (Å²) in [5.41, 5.74) is 4.34. The molecule has 0 unspecified atom stereocenters. The molecule has 0 radical (unpaired) electrons. The number of nitrogens with two attached hydrogens (primary N) is 1. The molecule has 0 aliphatic heterocycles. The van der Waals surface area contributed by atoms with Crippen LogP contribution in [-0.4, -0.2) is 28.5 Å². The smallest absolute Gasteiger partial charge is 1.00 e. The third-order valence-electron chi connectivity index (χ3n) is 0.969. The van der Waals surface area contributed by atoms with Crippen LogP contribution in [0.1, 0.15) is 1.43 Å². The van der Waals surface area contributed by atoms with Crippen molar-refractivity contribution in [3.8, 4) is 0 Å². The van der Waals surface area contributed by atoms with Crippen molar-refractivity contribution >= 4 is 35.7 Å². The molecule has 0 fully saturated rings. The molecule has 15 heavy (non-hydrogen) atoms. The quantitative estimate of drug-likeness (QED) is 0.338. The molecule has 0 aromatic carbocycles. The summed E-state index contributed by atoms with van der Waals surface area (Å²) < 4.78 is 0. The van der Waals surface area contributed by atoms with Gasteiger partial charge in [0.25, 0.3) is 10.5 Å². The van der Waals surface area contributed by atoms with Crippen LogP contribution in [0.5, 0.6) is 0 Å². The zero-order chi connectivity index (χ0) is 11.6. The second kappa shape index (κ2) is 14.1. The molecule has 0 aliphatic carbocycles. The van der Waals surface area contributed by atoms with Crippen molar-refractivity contribution in [2.24, 2.45) is 5.73 Å². The van der Waals surface area contributed by atoms with Gasteiger partial charge in [0.1, 0.15) is 0 Å². The number of thiol groups is 2. The van der Waals surface area contributed by atoms with Crippen LogP contribution in [0, 0.1) is 0 Å². The number of rotatable bonds is 4. The van der Waals surface area contributed by atoms with E-state index in [0.717, 1.165) is 0 Å². The number of primary amides is 1. The van der Waals surface area contributed by atoms with Crippen LogP contribution in [0.25, 0.3) is 0 Å². The van der Waals surface area contributed by atoms with Gasteiger partial charge in [-0.15, -0.1) is 13.2 Å². The second-order valence-electron chi connectivity index (χ2n) is 2.10. The van der Waals surface area contributed by atoms with E-state index in [1.54, 1.807) is 12.2 Å². The Labute approximate surface area is 125 Å². The van der Waals surface area contributed by atoms with E-state index in [9.17, 15) is 4.79 Å². The molecule has 0 aliphatic rings. The maximum atomic E-state index is 10.6. The molecule has 2 amide bonds. The van der Waals surface area contributed by atoms with Gasteiger partial charge in [-0.3, -0.25) is 9.59 Å². The molecular formula is C8H15N2NaO2S2. The van der Waals surface area contributed by atoms with Crippen LogP contribution >= 0.6 is 25.3 Å². The van der Waals surface area contributed by atoms with Crippen molar-refractivity contribution in [3.05, 3.63) is 25.3 Å². The fraction of sp³-hybridized carbons (Fsp3) is 0.250. The third-order valence-corrected chi connectivity index (χ3v) is 1.25. The van der Waals surface area contributed by atoms with E-state index >= 15 is 0 Å². The summed E-state index contributed by atoms with van der Waals surface area (Å²) in [5.74, 6) is 0. The number of carbonyl (C=O) groups excluding carboxylic acids is 2. The minimum absolute atomic E-state index is 0. The minimum Gasteiger partial charge on any atom is -1.00 e. The van der Waals surface area contributed by atoms with Gasteiger partial charge in [-0.05, 0) is 0 Å². The Balaban J connectivity index is -0.000000105. The molecule has 0 spiro atoms. The molecule has 82 valence electrons. The first-order chi connectivity index (χ1) is 6.45. The number of hydrogen-bond acceptors (Lipinski definition) is 2. The molecule has 0 atom stereocenters. The van der Waals surface area contributed by atoms with E-state index in [1.807, 2.05) is 0 Å². The fourth-order valence-electron chi connectivity index (χ4n) is 0.542. The normalized spacial score (nSPS) is 7.33. The molecule has 0 aromatic heterocycles. The predicted octanol–water partition coefficient (Wildman–Crippen LogP) is -1.18. The van der Waals surface area contributed by atoms with Crippen molar-refractivity contribution in [2.75, 3.05) is 13.1 Å². The summed E-state index contributed by atoms with van der Waals surface area (Å²) in [6, 6.07) is 0. The Bertz CT molecular complexity index is 216. The van der Waals surface area contributed by atoms with E-state index < -0.39 is 5.24 Å². The first kappa shape index (κ1) is 20.5. The van der Waals surface area contributed by atoms with Crippen molar-refractivity contribution < 1.29 is 40.6 Å². The molecule has 4 nitrogen and oxygen atoms in total. The summed E-state index contributed by atoms with van der Waals surface area (Å²) in [7, 11) is 0. The van der Waals surface area contributed by atoms with Gasteiger partial charge in [0.15, 0.2) is 0 Å². The number of nitrogens with zero attached hydrogens (tertiary/aromatic N) is 1. The van der Waals surface area contributed by atoms with E-state index in [-0.39, 0.29) is 36.2 Å². The predicted molar refractivity (Wildman–Crippen MR) is 66.0 cm³/mol. The van der Waals surface area contributed by atoms with Crippen LogP contribution in [0.3, 0.4) is 0 Å². The summed E-state index contributed by atoms with van der Waals surface area (Å²) >= 11 is 6.76. The topological polar surface area (TPSA) is 63.4 Å². The zero-order valence-electron chi connectivity index (χ0n) is 9.72. The van der Waals surface area contributed by atoms with Crippen molar-refractivity contribution in [2.45, 2.75) is 0 Å². The monoisotopic (exact) mass is 258 g/mol. The first-order valence-corrected chi connectivity index (χ1v) is 4.53. The molecule has 0 heterocycles. The molecular weight excluding hydrogens is 243 g/mol. The largest absolute Gasteiger partial charge is 1.00 e. The van der Waals surface area contributed by atoms with Gasteiger partial charge in [-0.25, -0.2) is 0 Å². The van der Waals surface area contributed by atoms with Crippen molar-refractivity contribution in [3.63, 3.8) is 0 Å². The molecule has 0 rings (SSSR count). The Morgan fingerprint density at radius 3 is 1.67 bits per heavy atom. The van der Waals surface area contributed by atoms with E-state index in [4.69, 9.17) is 4.79 Å². The van der Waals surface area contributed by atoms with E-state index in [0.29, 0.717) is 13.1 Å². The van der Waals surface area contributed by atoms with Crippen molar-refractivity contribution in [1.82, 2.24) is 4.90 Å². The molecule has 0 saturated heterocycles. The maximum Gasteiger partial charge on any atom is 1.00 e. The van der Waals surface area contributed by atoms with Gasteiger partial charge >= 0.3 is 29.6 Å². The second-order valence-corrected chi connectivity index (χ2v) is 2.93. The SMILES string of the molecule is C=CCN(CC=C)C(=O)S.NC(=O)S.[H-].[Na+]. The van der Waals surface area contributed by atoms with Gasteiger partial charge in [0.2, 0.25) is 0 Å². The Kier molecular flexibility index (Phi) is 19.3. The van der Waals surface area contributed by atoms with Gasteiger partial charge in [0, 0.05) is 13.1 Å². The van der Waals surface area contributed by atoms with Crippen LogP contribution in [0.15, 0.2) is 25.3 Å². The summed E-state index contributed by atoms with van der Waals surface area (Å²) in [6.07, 6.45) is 3.30. The molecule has 2 N–H and O–H groups in total. The van der Waals surface area contributed by atoms with Crippen LogP contribution in [0.2, 0.25) is 0 Å². The zero-order valence-corrected chi connectivity index (χ0v) is 12.5. The molecule has 7 heteroatoms. The first-order valence-electron chi connectivity index (χ1n) is 3.63. The minimum atomic E-state index is -0.639. The van der Waals surface area contributed by atoms with E-state index in [2.05, 4.69) is 44.1 Å². The maximum absolute atomic E-state index is 10.6. The molecule has 0 saturated carbocycles. The average molecular weight is 258 g/mol. The summed E-state index contributed by atoms with van der Waals surface area (Å²) in [6.45, 7) is 8.05.